The van der Waals surface area contributed by atoms with Crippen LogP contribution in [0.2, 0.25) is 0 Å². The fourth-order valence-electron chi connectivity index (χ4n) is 3.05. The Labute approximate surface area is 127 Å². The van der Waals surface area contributed by atoms with Crippen LogP contribution in [0, 0.1) is 11.8 Å². The highest BCUT2D eigenvalue weighted by molar-refractivity contribution is 5.63. The molecule has 0 amide bonds. The van der Waals surface area contributed by atoms with Crippen molar-refractivity contribution in [3.63, 3.8) is 0 Å². The van der Waals surface area contributed by atoms with Crippen molar-refractivity contribution in [2.24, 2.45) is 11.8 Å². The summed E-state index contributed by atoms with van der Waals surface area (Å²) in [5.74, 6) is 3.87. The number of anilines is 2. The summed E-state index contributed by atoms with van der Waals surface area (Å²) in [5, 5.41) is 6.74. The van der Waals surface area contributed by atoms with E-state index in [-0.39, 0.29) is 0 Å². The molecular formula is C16H28N4O. The standard InChI is InChI=1S/C16H28N4O/c1-4-8-17-15-14(21-3)16(20-11-19-15)18-10-13-7-5-6-12(2)9-13/h11-13H,4-10H2,1-3H3,(H2,17,18,19,20). The van der Waals surface area contributed by atoms with Crippen molar-refractivity contribution in [3.8, 4) is 5.75 Å². The first kappa shape index (κ1) is 15.9. The van der Waals surface area contributed by atoms with Gasteiger partial charge in [0.2, 0.25) is 5.75 Å². The minimum absolute atomic E-state index is 0.717. The molecule has 2 unspecified atom stereocenters. The minimum atomic E-state index is 0.717. The normalized spacial score (nSPS) is 21.9. The molecule has 1 heterocycles. The van der Waals surface area contributed by atoms with Crippen molar-refractivity contribution in [1.29, 1.82) is 0 Å². The van der Waals surface area contributed by atoms with Gasteiger partial charge < -0.3 is 15.4 Å². The molecule has 1 aromatic heterocycles. The van der Waals surface area contributed by atoms with Crippen molar-refractivity contribution in [2.45, 2.75) is 46.0 Å². The van der Waals surface area contributed by atoms with Gasteiger partial charge in [0.1, 0.15) is 6.33 Å². The molecule has 1 aliphatic carbocycles. The number of rotatable bonds is 7. The molecule has 5 nitrogen and oxygen atoms in total. The molecule has 0 bridgehead atoms. The lowest BCUT2D eigenvalue weighted by molar-refractivity contribution is 0.293. The molecule has 21 heavy (non-hydrogen) atoms. The molecular weight excluding hydrogens is 264 g/mol. The van der Waals surface area contributed by atoms with Gasteiger partial charge in [-0.3, -0.25) is 0 Å². The Morgan fingerprint density at radius 2 is 2.00 bits per heavy atom. The molecule has 1 aromatic rings. The van der Waals surface area contributed by atoms with Crippen LogP contribution < -0.4 is 15.4 Å². The fraction of sp³-hybridized carbons (Fsp3) is 0.750. The third-order valence-electron chi connectivity index (χ3n) is 4.15. The average molecular weight is 292 g/mol. The van der Waals surface area contributed by atoms with Crippen LogP contribution in [0.15, 0.2) is 6.33 Å². The van der Waals surface area contributed by atoms with Gasteiger partial charge in [0.25, 0.3) is 0 Å². The van der Waals surface area contributed by atoms with E-state index in [4.69, 9.17) is 4.74 Å². The second-order valence-corrected chi connectivity index (χ2v) is 6.05. The van der Waals surface area contributed by atoms with Crippen molar-refractivity contribution in [3.05, 3.63) is 6.33 Å². The van der Waals surface area contributed by atoms with E-state index in [0.29, 0.717) is 0 Å². The maximum absolute atomic E-state index is 5.48. The van der Waals surface area contributed by atoms with Crippen LogP contribution >= 0.6 is 0 Å². The maximum atomic E-state index is 5.48. The van der Waals surface area contributed by atoms with E-state index in [2.05, 4.69) is 34.4 Å². The molecule has 1 saturated carbocycles. The molecule has 5 heteroatoms. The van der Waals surface area contributed by atoms with E-state index in [9.17, 15) is 0 Å². The summed E-state index contributed by atoms with van der Waals surface area (Å²) in [7, 11) is 1.67. The quantitative estimate of drug-likeness (QED) is 0.805. The van der Waals surface area contributed by atoms with Gasteiger partial charge in [0.05, 0.1) is 7.11 Å². The third-order valence-corrected chi connectivity index (χ3v) is 4.15. The first-order valence-corrected chi connectivity index (χ1v) is 8.11. The molecule has 2 atom stereocenters. The lowest BCUT2D eigenvalue weighted by Crippen LogP contribution is -2.21. The van der Waals surface area contributed by atoms with Crippen LogP contribution in [0.5, 0.6) is 5.75 Å². The maximum Gasteiger partial charge on any atom is 0.204 e. The molecule has 0 radical (unpaired) electrons. The van der Waals surface area contributed by atoms with E-state index >= 15 is 0 Å². The van der Waals surface area contributed by atoms with Gasteiger partial charge in [-0.1, -0.05) is 26.7 Å². The highest BCUT2D eigenvalue weighted by Gasteiger charge is 2.20. The summed E-state index contributed by atoms with van der Waals surface area (Å²) in [6.07, 6.45) is 7.98. The predicted molar refractivity (Wildman–Crippen MR) is 87.0 cm³/mol. The summed E-state index contributed by atoms with van der Waals surface area (Å²) >= 11 is 0. The number of aromatic nitrogens is 2. The topological polar surface area (TPSA) is 59.1 Å². The molecule has 0 aliphatic heterocycles. The molecule has 1 aliphatic rings. The van der Waals surface area contributed by atoms with Crippen LogP contribution in [0.1, 0.15) is 46.0 Å². The highest BCUT2D eigenvalue weighted by atomic mass is 16.5. The smallest absolute Gasteiger partial charge is 0.204 e. The Hall–Kier alpha value is -1.52. The molecule has 0 aromatic carbocycles. The van der Waals surface area contributed by atoms with Crippen LogP contribution in [-0.4, -0.2) is 30.2 Å². The van der Waals surface area contributed by atoms with Gasteiger partial charge in [-0.25, -0.2) is 9.97 Å². The van der Waals surface area contributed by atoms with E-state index in [1.54, 1.807) is 13.4 Å². The average Bonchev–Trinajstić information content (AvgIpc) is 2.50. The number of ether oxygens (including phenoxy) is 1. The fourth-order valence-corrected chi connectivity index (χ4v) is 3.05. The molecule has 1 fully saturated rings. The molecule has 0 saturated heterocycles. The number of methoxy groups -OCH3 is 1. The molecule has 0 spiro atoms. The predicted octanol–water partition coefficient (Wildman–Crippen LogP) is 3.55. The monoisotopic (exact) mass is 292 g/mol. The SMILES string of the molecule is CCCNc1ncnc(NCC2CCCC(C)C2)c1OC. The van der Waals surface area contributed by atoms with Crippen molar-refractivity contribution in [2.75, 3.05) is 30.8 Å². The Kier molecular flexibility index (Phi) is 6.08. The van der Waals surface area contributed by atoms with E-state index in [1.807, 2.05) is 0 Å². The van der Waals surface area contributed by atoms with Crippen molar-refractivity contribution in [1.82, 2.24) is 9.97 Å². The highest BCUT2D eigenvalue weighted by Crippen LogP contribution is 2.31. The van der Waals surface area contributed by atoms with Crippen molar-refractivity contribution < 1.29 is 4.74 Å². The number of hydrogen-bond acceptors (Lipinski definition) is 5. The van der Waals surface area contributed by atoms with Crippen molar-refractivity contribution >= 4 is 11.6 Å². The van der Waals surface area contributed by atoms with Gasteiger partial charge in [0, 0.05) is 13.1 Å². The molecule has 2 N–H and O–H groups in total. The lowest BCUT2D eigenvalue weighted by atomic mass is 9.82. The van der Waals surface area contributed by atoms with Crippen LogP contribution in [0.3, 0.4) is 0 Å². The Morgan fingerprint density at radius 3 is 2.67 bits per heavy atom. The second kappa shape index (κ2) is 8.05. The number of hydrogen-bond donors (Lipinski definition) is 2. The minimum Gasteiger partial charge on any atom is -0.490 e. The first-order chi connectivity index (χ1) is 10.2. The third kappa shape index (κ3) is 4.48. The van der Waals surface area contributed by atoms with Gasteiger partial charge >= 0.3 is 0 Å². The first-order valence-electron chi connectivity index (χ1n) is 8.11. The zero-order valence-electron chi connectivity index (χ0n) is 13.5. The zero-order chi connectivity index (χ0) is 15.1. The largest absolute Gasteiger partial charge is 0.490 e. The van der Waals surface area contributed by atoms with Crippen LogP contribution in [-0.2, 0) is 0 Å². The molecule has 118 valence electrons. The summed E-state index contributed by atoms with van der Waals surface area (Å²) in [5.41, 5.74) is 0. The Bertz CT molecular complexity index is 438. The van der Waals surface area contributed by atoms with Gasteiger partial charge in [-0.2, -0.15) is 0 Å². The summed E-state index contributed by atoms with van der Waals surface area (Å²) in [6, 6.07) is 0. The lowest BCUT2D eigenvalue weighted by Gasteiger charge is -2.27. The zero-order valence-corrected chi connectivity index (χ0v) is 13.5. The summed E-state index contributed by atoms with van der Waals surface area (Å²) in [4.78, 5) is 8.60. The van der Waals surface area contributed by atoms with E-state index in [1.165, 1.54) is 25.7 Å². The Balaban J connectivity index is 1.98. The summed E-state index contributed by atoms with van der Waals surface area (Å²) < 4.78 is 5.48. The summed E-state index contributed by atoms with van der Waals surface area (Å²) in [6.45, 7) is 6.33. The second-order valence-electron chi connectivity index (χ2n) is 6.05. The van der Waals surface area contributed by atoms with Crippen LogP contribution in [0.4, 0.5) is 11.6 Å². The number of nitrogens with zero attached hydrogens (tertiary/aromatic N) is 2. The number of nitrogens with one attached hydrogen (secondary N) is 2. The van der Waals surface area contributed by atoms with Gasteiger partial charge in [-0.15, -0.1) is 0 Å². The molecule has 2 rings (SSSR count). The van der Waals surface area contributed by atoms with E-state index in [0.717, 1.165) is 48.7 Å². The van der Waals surface area contributed by atoms with Crippen LogP contribution in [0.25, 0.3) is 0 Å². The van der Waals surface area contributed by atoms with E-state index < -0.39 is 0 Å². The Morgan fingerprint density at radius 1 is 1.24 bits per heavy atom. The van der Waals surface area contributed by atoms with Gasteiger partial charge in [0.15, 0.2) is 11.6 Å². The van der Waals surface area contributed by atoms with Gasteiger partial charge in [-0.05, 0) is 31.1 Å².